The molecule has 0 aliphatic heterocycles. The summed E-state index contributed by atoms with van der Waals surface area (Å²) in [7, 11) is 1.74. The molecule has 2 aromatic carbocycles. The zero-order valence-electron chi connectivity index (χ0n) is 15.8. The van der Waals surface area contributed by atoms with Gasteiger partial charge < -0.3 is 10.6 Å². The largest absolute Gasteiger partial charge is 0.352 e. The minimum absolute atomic E-state index is 0. The molecule has 0 fully saturated rings. The second-order valence-corrected chi connectivity index (χ2v) is 6.15. The Labute approximate surface area is 182 Å². The standard InChI is InChI=1S/C21H22N6.HI/c1-16(19-8-4-9-20(13-19)27-11-5-10-25-27)26-21(23-2)24-15-18-7-3-6-17(12-18)14-22;/h3-13,16H,15H2,1-2H3,(H2,23,24,26);1H. The summed E-state index contributed by atoms with van der Waals surface area (Å²) in [4.78, 5) is 4.30. The average molecular weight is 486 g/mol. The van der Waals surface area contributed by atoms with Gasteiger partial charge in [0.2, 0.25) is 0 Å². The average Bonchev–Trinajstić information content (AvgIpc) is 3.26. The number of aliphatic imine (C=N–C) groups is 1. The molecular weight excluding hydrogens is 463 g/mol. The molecule has 28 heavy (non-hydrogen) atoms. The van der Waals surface area contributed by atoms with E-state index in [-0.39, 0.29) is 30.0 Å². The van der Waals surface area contributed by atoms with Gasteiger partial charge in [0.15, 0.2) is 5.96 Å². The van der Waals surface area contributed by atoms with Crippen molar-refractivity contribution in [3.05, 3.63) is 83.7 Å². The van der Waals surface area contributed by atoms with E-state index in [0.29, 0.717) is 18.1 Å². The Morgan fingerprint density at radius 1 is 1.21 bits per heavy atom. The van der Waals surface area contributed by atoms with Gasteiger partial charge in [-0.05, 0) is 48.4 Å². The molecule has 144 valence electrons. The van der Waals surface area contributed by atoms with Crippen LogP contribution in [0.4, 0.5) is 0 Å². The number of nitrogens with one attached hydrogen (secondary N) is 2. The molecule has 0 bridgehead atoms. The molecule has 7 heteroatoms. The van der Waals surface area contributed by atoms with Crippen molar-refractivity contribution in [3.63, 3.8) is 0 Å². The molecule has 0 aliphatic carbocycles. The van der Waals surface area contributed by atoms with Gasteiger partial charge in [-0.1, -0.05) is 24.3 Å². The van der Waals surface area contributed by atoms with Gasteiger partial charge in [-0.25, -0.2) is 4.68 Å². The number of nitrogens with zero attached hydrogens (tertiary/aromatic N) is 4. The summed E-state index contributed by atoms with van der Waals surface area (Å²) in [6, 6.07) is 19.9. The van der Waals surface area contributed by atoms with Crippen LogP contribution < -0.4 is 10.6 Å². The van der Waals surface area contributed by atoms with Crippen molar-refractivity contribution >= 4 is 29.9 Å². The zero-order chi connectivity index (χ0) is 19.1. The van der Waals surface area contributed by atoms with Gasteiger partial charge in [-0.15, -0.1) is 24.0 Å². The summed E-state index contributed by atoms with van der Waals surface area (Å²) in [5.41, 5.74) is 3.84. The molecule has 0 spiro atoms. The van der Waals surface area contributed by atoms with E-state index in [1.807, 2.05) is 47.3 Å². The van der Waals surface area contributed by atoms with Crippen LogP contribution in [0.5, 0.6) is 0 Å². The first-order valence-corrected chi connectivity index (χ1v) is 8.76. The first kappa shape index (κ1) is 21.4. The van der Waals surface area contributed by atoms with Crippen molar-refractivity contribution in [2.45, 2.75) is 19.5 Å². The highest BCUT2D eigenvalue weighted by Crippen LogP contribution is 2.16. The minimum Gasteiger partial charge on any atom is -0.352 e. The smallest absolute Gasteiger partial charge is 0.191 e. The number of halogens is 1. The Morgan fingerprint density at radius 3 is 2.75 bits per heavy atom. The Kier molecular flexibility index (Phi) is 8.02. The summed E-state index contributed by atoms with van der Waals surface area (Å²) < 4.78 is 1.84. The fourth-order valence-electron chi connectivity index (χ4n) is 2.78. The lowest BCUT2D eigenvalue weighted by atomic mass is 10.1. The molecular formula is C21H23IN6. The normalized spacial score (nSPS) is 11.8. The summed E-state index contributed by atoms with van der Waals surface area (Å²) in [5, 5.41) is 20.0. The number of benzene rings is 2. The Bertz CT molecular complexity index is 959. The van der Waals surface area contributed by atoms with Gasteiger partial charge in [0, 0.05) is 26.0 Å². The van der Waals surface area contributed by atoms with Crippen LogP contribution in [-0.2, 0) is 6.54 Å². The summed E-state index contributed by atoms with van der Waals surface area (Å²) in [5.74, 6) is 0.703. The number of aromatic nitrogens is 2. The molecule has 1 heterocycles. The lowest BCUT2D eigenvalue weighted by Crippen LogP contribution is -2.38. The molecule has 3 aromatic rings. The number of nitriles is 1. The topological polar surface area (TPSA) is 78.0 Å². The van der Waals surface area contributed by atoms with Crippen molar-refractivity contribution in [1.82, 2.24) is 20.4 Å². The molecule has 0 radical (unpaired) electrons. The van der Waals surface area contributed by atoms with Crippen molar-refractivity contribution in [1.29, 1.82) is 5.26 Å². The van der Waals surface area contributed by atoms with E-state index in [9.17, 15) is 0 Å². The van der Waals surface area contributed by atoms with Gasteiger partial charge in [0.05, 0.1) is 23.4 Å². The molecule has 6 nitrogen and oxygen atoms in total. The summed E-state index contributed by atoms with van der Waals surface area (Å²) in [6.45, 7) is 2.68. The van der Waals surface area contributed by atoms with E-state index >= 15 is 0 Å². The quantitative estimate of drug-likeness (QED) is 0.327. The van der Waals surface area contributed by atoms with Gasteiger partial charge in [0.25, 0.3) is 0 Å². The van der Waals surface area contributed by atoms with Crippen LogP contribution in [-0.4, -0.2) is 22.8 Å². The van der Waals surface area contributed by atoms with E-state index in [2.05, 4.69) is 45.9 Å². The van der Waals surface area contributed by atoms with Gasteiger partial charge in [-0.2, -0.15) is 10.4 Å². The highest BCUT2D eigenvalue weighted by molar-refractivity contribution is 14.0. The second kappa shape index (κ2) is 10.5. The van der Waals surface area contributed by atoms with Crippen LogP contribution in [0.1, 0.15) is 29.7 Å². The lowest BCUT2D eigenvalue weighted by molar-refractivity contribution is 0.684. The van der Waals surface area contributed by atoms with Crippen molar-refractivity contribution in [3.8, 4) is 11.8 Å². The van der Waals surface area contributed by atoms with E-state index in [4.69, 9.17) is 5.26 Å². The molecule has 0 aliphatic rings. The zero-order valence-corrected chi connectivity index (χ0v) is 18.2. The third-order valence-electron chi connectivity index (χ3n) is 4.23. The summed E-state index contributed by atoms with van der Waals surface area (Å²) in [6.07, 6.45) is 3.69. The molecule has 2 N–H and O–H groups in total. The molecule has 1 aromatic heterocycles. The molecule has 0 amide bonds. The third kappa shape index (κ3) is 5.57. The Balaban J connectivity index is 0.00000280. The highest BCUT2D eigenvalue weighted by atomic mass is 127. The van der Waals surface area contributed by atoms with E-state index in [1.54, 1.807) is 19.3 Å². The molecule has 0 saturated carbocycles. The SMILES string of the molecule is CN=C(NCc1cccc(C#N)c1)NC(C)c1cccc(-n2cccn2)c1.I. The van der Waals surface area contributed by atoms with Crippen LogP contribution in [0.15, 0.2) is 72.0 Å². The Morgan fingerprint density at radius 2 is 2.04 bits per heavy atom. The van der Waals surface area contributed by atoms with E-state index in [0.717, 1.165) is 16.8 Å². The minimum atomic E-state index is 0. The molecule has 0 saturated heterocycles. The van der Waals surface area contributed by atoms with Crippen molar-refractivity contribution < 1.29 is 0 Å². The first-order valence-electron chi connectivity index (χ1n) is 8.76. The predicted molar refractivity (Wildman–Crippen MR) is 122 cm³/mol. The monoisotopic (exact) mass is 486 g/mol. The fourth-order valence-corrected chi connectivity index (χ4v) is 2.78. The predicted octanol–water partition coefficient (Wildman–Crippen LogP) is 3.79. The summed E-state index contributed by atoms with van der Waals surface area (Å²) >= 11 is 0. The number of rotatable bonds is 5. The number of guanidine groups is 1. The maximum Gasteiger partial charge on any atom is 0.191 e. The number of hydrogen-bond acceptors (Lipinski definition) is 3. The van der Waals surface area contributed by atoms with Gasteiger partial charge in [0.1, 0.15) is 0 Å². The fraction of sp³-hybridized carbons (Fsp3) is 0.190. The molecule has 1 unspecified atom stereocenters. The van der Waals surface area contributed by atoms with Crippen molar-refractivity contribution in [2.75, 3.05) is 7.05 Å². The Hall–Kier alpha value is -2.86. The van der Waals surface area contributed by atoms with Crippen LogP contribution in [0.3, 0.4) is 0 Å². The van der Waals surface area contributed by atoms with Crippen LogP contribution >= 0.6 is 24.0 Å². The number of hydrogen-bond donors (Lipinski definition) is 2. The van der Waals surface area contributed by atoms with Crippen LogP contribution in [0, 0.1) is 11.3 Å². The maximum absolute atomic E-state index is 9.01. The molecule has 3 rings (SSSR count). The molecule has 1 atom stereocenters. The van der Waals surface area contributed by atoms with Gasteiger partial charge in [-0.3, -0.25) is 4.99 Å². The van der Waals surface area contributed by atoms with Crippen molar-refractivity contribution in [2.24, 2.45) is 4.99 Å². The third-order valence-corrected chi connectivity index (χ3v) is 4.23. The van der Waals surface area contributed by atoms with Gasteiger partial charge >= 0.3 is 0 Å². The highest BCUT2D eigenvalue weighted by Gasteiger charge is 2.09. The maximum atomic E-state index is 9.01. The second-order valence-electron chi connectivity index (χ2n) is 6.15. The van der Waals surface area contributed by atoms with E-state index in [1.165, 1.54) is 0 Å². The first-order chi connectivity index (χ1) is 13.2. The van der Waals surface area contributed by atoms with Crippen LogP contribution in [0.2, 0.25) is 0 Å². The lowest BCUT2D eigenvalue weighted by Gasteiger charge is -2.19. The van der Waals surface area contributed by atoms with Crippen LogP contribution in [0.25, 0.3) is 5.69 Å². The van der Waals surface area contributed by atoms with E-state index < -0.39 is 0 Å².